The van der Waals surface area contributed by atoms with E-state index in [0.717, 1.165) is 42.7 Å². The number of piperidine rings is 1. The summed E-state index contributed by atoms with van der Waals surface area (Å²) in [6.07, 6.45) is 1.83. The smallest absolute Gasteiger partial charge is 0.407 e. The summed E-state index contributed by atoms with van der Waals surface area (Å²) in [6, 6.07) is 15.0. The SMILES string of the molecule is COC(=O)c1ccc(CN(CCc2ccccc2N2CCC(NC(=O)OC(C)(C)C)CC2)S(=O)O)cc1. The number of nitrogens with zero attached hydrogens (tertiary/aromatic N) is 2. The fourth-order valence-electron chi connectivity index (χ4n) is 4.29. The van der Waals surface area contributed by atoms with E-state index in [2.05, 4.69) is 16.3 Å². The molecule has 1 fully saturated rings. The second-order valence-corrected chi connectivity index (χ2v) is 11.0. The zero-order chi connectivity index (χ0) is 27.0. The Balaban J connectivity index is 1.58. The van der Waals surface area contributed by atoms with Crippen molar-refractivity contribution in [1.82, 2.24) is 9.62 Å². The number of amides is 1. The number of anilines is 1. The van der Waals surface area contributed by atoms with E-state index in [-0.39, 0.29) is 18.7 Å². The van der Waals surface area contributed by atoms with Crippen molar-refractivity contribution in [2.45, 2.75) is 58.2 Å². The van der Waals surface area contributed by atoms with Gasteiger partial charge in [-0.2, -0.15) is 4.31 Å². The number of ether oxygens (including phenoxy) is 2. The molecule has 1 aliphatic rings. The number of nitrogens with one attached hydrogen (secondary N) is 1. The zero-order valence-electron chi connectivity index (χ0n) is 21.9. The Morgan fingerprint density at radius 3 is 2.35 bits per heavy atom. The third kappa shape index (κ3) is 8.84. The summed E-state index contributed by atoms with van der Waals surface area (Å²) in [5.74, 6) is -0.421. The van der Waals surface area contributed by atoms with E-state index in [4.69, 9.17) is 9.47 Å². The molecule has 0 saturated carbocycles. The van der Waals surface area contributed by atoms with Crippen LogP contribution in [0.15, 0.2) is 48.5 Å². The Morgan fingerprint density at radius 1 is 1.11 bits per heavy atom. The normalized spacial score (nSPS) is 15.4. The first-order chi connectivity index (χ1) is 17.6. The fourth-order valence-corrected chi connectivity index (χ4v) is 4.80. The molecule has 0 spiro atoms. The van der Waals surface area contributed by atoms with Gasteiger partial charge in [0.1, 0.15) is 5.60 Å². The lowest BCUT2D eigenvalue weighted by molar-refractivity contribution is 0.0496. The predicted octanol–water partition coefficient (Wildman–Crippen LogP) is 4.15. The second-order valence-electron chi connectivity index (χ2n) is 10.1. The molecule has 0 aliphatic carbocycles. The van der Waals surface area contributed by atoms with Gasteiger partial charge in [-0.1, -0.05) is 30.3 Å². The zero-order valence-corrected chi connectivity index (χ0v) is 22.8. The van der Waals surface area contributed by atoms with Crippen molar-refractivity contribution in [2.75, 3.05) is 31.6 Å². The van der Waals surface area contributed by atoms with E-state index in [1.165, 1.54) is 11.4 Å². The van der Waals surface area contributed by atoms with Gasteiger partial charge < -0.3 is 19.7 Å². The van der Waals surface area contributed by atoms with Gasteiger partial charge in [0, 0.05) is 37.9 Å². The number of hydrogen-bond donors (Lipinski definition) is 2. The Bertz CT molecular complexity index is 1080. The van der Waals surface area contributed by atoms with Crippen LogP contribution in [-0.4, -0.2) is 63.5 Å². The Morgan fingerprint density at radius 2 is 1.76 bits per heavy atom. The monoisotopic (exact) mass is 531 g/mol. The predicted molar refractivity (Wildman–Crippen MR) is 144 cm³/mol. The molecule has 0 radical (unpaired) electrons. The molecule has 1 unspecified atom stereocenters. The lowest BCUT2D eigenvalue weighted by atomic mass is 10.0. The molecule has 1 saturated heterocycles. The van der Waals surface area contributed by atoms with Crippen molar-refractivity contribution in [3.8, 4) is 0 Å². The van der Waals surface area contributed by atoms with E-state index < -0.39 is 22.8 Å². The number of esters is 1. The first-order valence-electron chi connectivity index (χ1n) is 12.4. The van der Waals surface area contributed by atoms with Gasteiger partial charge >= 0.3 is 12.1 Å². The summed E-state index contributed by atoms with van der Waals surface area (Å²) in [5.41, 5.74) is 2.93. The maximum Gasteiger partial charge on any atom is 0.407 e. The van der Waals surface area contributed by atoms with E-state index in [1.807, 2.05) is 39.0 Å². The Labute approximate surface area is 221 Å². The van der Waals surface area contributed by atoms with Gasteiger partial charge in [-0.3, -0.25) is 4.55 Å². The number of alkyl carbamates (subject to hydrolysis) is 1. The molecule has 1 atom stereocenters. The number of benzene rings is 2. The highest BCUT2D eigenvalue weighted by Crippen LogP contribution is 2.25. The molecular formula is C27H37N3O6S. The molecule has 3 rings (SSSR count). The Kier molecular flexibility index (Phi) is 10.1. The van der Waals surface area contributed by atoms with Crippen LogP contribution in [0.5, 0.6) is 0 Å². The van der Waals surface area contributed by atoms with Crippen LogP contribution in [0.1, 0.15) is 55.1 Å². The number of methoxy groups -OCH3 is 1. The third-order valence-corrected chi connectivity index (χ3v) is 6.89. The lowest BCUT2D eigenvalue weighted by Crippen LogP contribution is -2.46. The van der Waals surface area contributed by atoms with E-state index in [0.29, 0.717) is 18.5 Å². The van der Waals surface area contributed by atoms with E-state index in [9.17, 15) is 18.4 Å². The molecule has 1 amide bonds. The van der Waals surface area contributed by atoms with Crippen LogP contribution >= 0.6 is 0 Å². The van der Waals surface area contributed by atoms with Crippen LogP contribution < -0.4 is 10.2 Å². The molecule has 202 valence electrons. The van der Waals surface area contributed by atoms with Crippen LogP contribution in [0.3, 0.4) is 0 Å². The minimum absolute atomic E-state index is 0.0659. The highest BCUT2D eigenvalue weighted by Gasteiger charge is 2.25. The molecular weight excluding hydrogens is 494 g/mol. The molecule has 10 heteroatoms. The van der Waals surface area contributed by atoms with Gasteiger partial charge in [-0.25, -0.2) is 13.8 Å². The van der Waals surface area contributed by atoms with Crippen molar-refractivity contribution >= 4 is 29.0 Å². The number of carbonyl (C=O) groups excluding carboxylic acids is 2. The summed E-state index contributed by atoms with van der Waals surface area (Å²) in [7, 11) is 1.33. The molecule has 2 N–H and O–H groups in total. The second kappa shape index (κ2) is 13.0. The molecule has 0 aromatic heterocycles. The summed E-state index contributed by atoms with van der Waals surface area (Å²) >= 11 is -2.15. The number of hydrogen-bond acceptors (Lipinski definition) is 6. The van der Waals surface area contributed by atoms with Crippen molar-refractivity contribution in [3.05, 3.63) is 65.2 Å². The molecule has 0 bridgehead atoms. The summed E-state index contributed by atoms with van der Waals surface area (Å²) in [5, 5.41) is 2.97. The van der Waals surface area contributed by atoms with Crippen LogP contribution in [0, 0.1) is 0 Å². The van der Waals surface area contributed by atoms with Gasteiger partial charge in [0.05, 0.1) is 12.7 Å². The average molecular weight is 532 g/mol. The van der Waals surface area contributed by atoms with Gasteiger partial charge in [0.15, 0.2) is 0 Å². The van der Waals surface area contributed by atoms with Crippen LogP contribution in [0.25, 0.3) is 0 Å². The van der Waals surface area contributed by atoms with Crippen LogP contribution in [-0.2, 0) is 33.7 Å². The highest BCUT2D eigenvalue weighted by molar-refractivity contribution is 7.76. The van der Waals surface area contributed by atoms with Crippen LogP contribution in [0.4, 0.5) is 10.5 Å². The van der Waals surface area contributed by atoms with E-state index >= 15 is 0 Å². The standard InChI is InChI=1S/C27H37N3O6S/c1-27(2,3)36-26(32)28-23-14-16-29(17-15-23)24-8-6-5-7-21(24)13-18-30(37(33)34)19-20-9-11-22(12-10-20)25(31)35-4/h5-12,23H,13-19H2,1-4H3,(H,28,32)(H,33,34). The fraction of sp³-hybridized carbons (Fsp3) is 0.481. The highest BCUT2D eigenvalue weighted by atomic mass is 32.2. The van der Waals surface area contributed by atoms with Crippen LogP contribution in [0.2, 0.25) is 0 Å². The summed E-state index contributed by atoms with van der Waals surface area (Å²) in [6.45, 7) is 7.78. The molecule has 2 aromatic rings. The van der Waals surface area contributed by atoms with Gasteiger partial charge in [0.25, 0.3) is 0 Å². The maximum absolute atomic E-state index is 12.1. The van der Waals surface area contributed by atoms with Crippen molar-refractivity contribution < 1.29 is 27.8 Å². The number of para-hydroxylation sites is 1. The van der Waals surface area contributed by atoms with Crippen molar-refractivity contribution in [3.63, 3.8) is 0 Å². The van der Waals surface area contributed by atoms with Crippen molar-refractivity contribution in [1.29, 1.82) is 0 Å². The Hall–Kier alpha value is -2.95. The minimum Gasteiger partial charge on any atom is -0.465 e. The molecule has 37 heavy (non-hydrogen) atoms. The molecule has 1 aliphatic heterocycles. The first kappa shape index (κ1) is 28.6. The van der Waals surface area contributed by atoms with E-state index in [1.54, 1.807) is 24.3 Å². The van der Waals surface area contributed by atoms with Crippen molar-refractivity contribution in [2.24, 2.45) is 0 Å². The molecule has 2 aromatic carbocycles. The summed E-state index contributed by atoms with van der Waals surface area (Å²) in [4.78, 5) is 26.1. The number of rotatable bonds is 9. The van der Waals surface area contributed by atoms with Gasteiger partial charge in [-0.05, 0) is 69.4 Å². The first-order valence-corrected chi connectivity index (χ1v) is 13.5. The lowest BCUT2D eigenvalue weighted by Gasteiger charge is -2.35. The van der Waals surface area contributed by atoms with Gasteiger partial charge in [-0.15, -0.1) is 0 Å². The molecule has 1 heterocycles. The molecule has 9 nitrogen and oxygen atoms in total. The quantitative estimate of drug-likeness (QED) is 0.370. The largest absolute Gasteiger partial charge is 0.465 e. The summed E-state index contributed by atoms with van der Waals surface area (Å²) < 4.78 is 33.5. The minimum atomic E-state index is -2.15. The number of carbonyl (C=O) groups is 2. The maximum atomic E-state index is 12.1. The average Bonchev–Trinajstić information content (AvgIpc) is 2.86. The third-order valence-electron chi connectivity index (χ3n) is 6.13. The topological polar surface area (TPSA) is 108 Å². The van der Waals surface area contributed by atoms with Gasteiger partial charge in [0.2, 0.25) is 11.3 Å².